The Bertz CT molecular complexity index is 736. The first-order valence-electron chi connectivity index (χ1n) is 9.30. The molecule has 1 saturated heterocycles. The average Bonchev–Trinajstić information content (AvgIpc) is 2.61. The fourth-order valence-electron chi connectivity index (χ4n) is 3.33. The zero-order valence-corrected chi connectivity index (χ0v) is 15.5. The van der Waals surface area contributed by atoms with Gasteiger partial charge in [-0.1, -0.05) is 32.0 Å². The van der Waals surface area contributed by atoms with Crippen LogP contribution in [0.15, 0.2) is 24.3 Å². The van der Waals surface area contributed by atoms with Crippen LogP contribution in [-0.2, 0) is 4.79 Å². The number of carbonyl (C=O) groups excluding carboxylic acids is 1. The Balaban J connectivity index is 1.60. The van der Waals surface area contributed by atoms with Crippen LogP contribution < -0.4 is 10.2 Å². The predicted molar refractivity (Wildman–Crippen MR) is 102 cm³/mol. The van der Waals surface area contributed by atoms with Crippen LogP contribution in [0.1, 0.15) is 38.8 Å². The summed E-state index contributed by atoms with van der Waals surface area (Å²) >= 11 is 0. The van der Waals surface area contributed by atoms with E-state index in [2.05, 4.69) is 35.1 Å². The molecule has 2 aromatic rings. The second-order valence-electron chi connectivity index (χ2n) is 7.36. The maximum Gasteiger partial charge on any atom is 0.226 e. The highest BCUT2D eigenvalue weighted by Crippen LogP contribution is 2.24. The topological polar surface area (TPSA) is 58.1 Å². The average molecular weight is 340 g/mol. The summed E-state index contributed by atoms with van der Waals surface area (Å²) in [7, 11) is 0. The van der Waals surface area contributed by atoms with E-state index in [-0.39, 0.29) is 11.8 Å². The molecule has 1 aromatic heterocycles. The molecule has 0 atom stereocenters. The number of amides is 1. The van der Waals surface area contributed by atoms with E-state index >= 15 is 0 Å². The number of carbonyl (C=O) groups is 1. The number of para-hydroxylation sites is 1. The molecule has 0 aliphatic carbocycles. The molecule has 0 spiro atoms. The number of rotatable bonds is 5. The largest absolute Gasteiger partial charge is 0.356 e. The van der Waals surface area contributed by atoms with E-state index in [0.29, 0.717) is 5.92 Å². The molecule has 1 N–H and O–H groups in total. The molecule has 1 aliphatic rings. The van der Waals surface area contributed by atoms with Gasteiger partial charge in [-0.2, -0.15) is 0 Å². The highest BCUT2D eigenvalue weighted by molar-refractivity contribution is 5.82. The molecule has 0 bridgehead atoms. The van der Waals surface area contributed by atoms with Gasteiger partial charge in [-0.25, -0.2) is 9.97 Å². The van der Waals surface area contributed by atoms with Crippen LogP contribution >= 0.6 is 0 Å². The number of benzene rings is 1. The van der Waals surface area contributed by atoms with Gasteiger partial charge < -0.3 is 10.2 Å². The standard InChI is InChI=1S/C20H28N4O/c1-14(2)8-11-21-19(25)16-9-12-24(13-10-16)20-22-15(3)17-6-4-5-7-18(17)23-20/h4-7,14,16H,8-13H2,1-3H3,(H,21,25). The lowest BCUT2D eigenvalue weighted by atomic mass is 9.96. The molecule has 134 valence electrons. The van der Waals surface area contributed by atoms with Gasteiger partial charge in [0.2, 0.25) is 11.9 Å². The molecule has 25 heavy (non-hydrogen) atoms. The summed E-state index contributed by atoms with van der Waals surface area (Å²) in [5.41, 5.74) is 1.99. The van der Waals surface area contributed by atoms with E-state index in [1.807, 2.05) is 25.1 Å². The Kier molecular flexibility index (Phi) is 5.51. The maximum absolute atomic E-state index is 12.3. The molecule has 5 nitrogen and oxygen atoms in total. The minimum absolute atomic E-state index is 0.116. The summed E-state index contributed by atoms with van der Waals surface area (Å²) in [6, 6.07) is 8.11. The number of aryl methyl sites for hydroxylation is 1. The third-order valence-electron chi connectivity index (χ3n) is 4.95. The van der Waals surface area contributed by atoms with Crippen LogP contribution in [0.2, 0.25) is 0 Å². The van der Waals surface area contributed by atoms with Crippen molar-refractivity contribution >= 4 is 22.8 Å². The fourth-order valence-corrected chi connectivity index (χ4v) is 3.33. The minimum Gasteiger partial charge on any atom is -0.356 e. The van der Waals surface area contributed by atoms with Gasteiger partial charge in [0, 0.05) is 30.9 Å². The molecular formula is C20H28N4O. The Morgan fingerprint density at radius 1 is 1.24 bits per heavy atom. The zero-order chi connectivity index (χ0) is 17.8. The lowest BCUT2D eigenvalue weighted by molar-refractivity contribution is -0.125. The minimum atomic E-state index is 0.116. The van der Waals surface area contributed by atoms with Crippen molar-refractivity contribution in [2.45, 2.75) is 40.0 Å². The quantitative estimate of drug-likeness (QED) is 0.907. The van der Waals surface area contributed by atoms with E-state index < -0.39 is 0 Å². The molecule has 1 fully saturated rings. The first-order valence-corrected chi connectivity index (χ1v) is 9.30. The molecule has 3 rings (SSSR count). The lowest BCUT2D eigenvalue weighted by Gasteiger charge is -2.31. The number of aromatic nitrogens is 2. The maximum atomic E-state index is 12.3. The Morgan fingerprint density at radius 3 is 2.68 bits per heavy atom. The normalized spacial score (nSPS) is 15.8. The zero-order valence-electron chi connectivity index (χ0n) is 15.5. The smallest absolute Gasteiger partial charge is 0.226 e. The number of hydrogen-bond donors (Lipinski definition) is 1. The summed E-state index contributed by atoms with van der Waals surface area (Å²) in [4.78, 5) is 23.9. The van der Waals surface area contributed by atoms with Crippen LogP contribution in [0.4, 0.5) is 5.95 Å². The summed E-state index contributed by atoms with van der Waals surface area (Å²) < 4.78 is 0. The van der Waals surface area contributed by atoms with E-state index in [4.69, 9.17) is 4.98 Å². The third kappa shape index (κ3) is 4.27. The summed E-state index contributed by atoms with van der Waals surface area (Å²) in [5.74, 6) is 1.73. The van der Waals surface area contributed by atoms with Crippen molar-refractivity contribution in [3.8, 4) is 0 Å². The summed E-state index contributed by atoms with van der Waals surface area (Å²) in [6.07, 6.45) is 2.76. The van der Waals surface area contributed by atoms with Crippen molar-refractivity contribution in [2.75, 3.05) is 24.5 Å². The van der Waals surface area contributed by atoms with Gasteiger partial charge in [0.25, 0.3) is 0 Å². The van der Waals surface area contributed by atoms with Crippen LogP contribution in [0.3, 0.4) is 0 Å². The molecule has 1 aromatic carbocycles. The second-order valence-corrected chi connectivity index (χ2v) is 7.36. The number of nitrogens with one attached hydrogen (secondary N) is 1. The SMILES string of the molecule is Cc1nc(N2CCC(C(=O)NCCC(C)C)CC2)nc2ccccc12. The van der Waals surface area contributed by atoms with Gasteiger partial charge in [0.1, 0.15) is 0 Å². The number of hydrogen-bond acceptors (Lipinski definition) is 4. The molecular weight excluding hydrogens is 312 g/mol. The number of piperidine rings is 1. The van der Waals surface area contributed by atoms with Crippen molar-refractivity contribution in [2.24, 2.45) is 11.8 Å². The van der Waals surface area contributed by atoms with Gasteiger partial charge in [0.15, 0.2) is 0 Å². The lowest BCUT2D eigenvalue weighted by Crippen LogP contribution is -2.41. The van der Waals surface area contributed by atoms with E-state index in [1.54, 1.807) is 0 Å². The van der Waals surface area contributed by atoms with Gasteiger partial charge in [-0.3, -0.25) is 4.79 Å². The van der Waals surface area contributed by atoms with Crippen molar-refractivity contribution in [3.63, 3.8) is 0 Å². The van der Waals surface area contributed by atoms with Crippen molar-refractivity contribution in [3.05, 3.63) is 30.0 Å². The van der Waals surface area contributed by atoms with Crippen LogP contribution in [0.5, 0.6) is 0 Å². The molecule has 1 amide bonds. The van der Waals surface area contributed by atoms with Gasteiger partial charge >= 0.3 is 0 Å². The third-order valence-corrected chi connectivity index (χ3v) is 4.95. The molecule has 0 unspecified atom stereocenters. The number of nitrogens with zero attached hydrogens (tertiary/aromatic N) is 3. The number of fused-ring (bicyclic) bond motifs is 1. The monoisotopic (exact) mass is 340 g/mol. The van der Waals surface area contributed by atoms with Crippen molar-refractivity contribution < 1.29 is 4.79 Å². The Labute approximate surface area is 149 Å². The Hall–Kier alpha value is -2.17. The molecule has 1 aliphatic heterocycles. The fraction of sp³-hybridized carbons (Fsp3) is 0.550. The van der Waals surface area contributed by atoms with Crippen molar-refractivity contribution in [1.82, 2.24) is 15.3 Å². The van der Waals surface area contributed by atoms with E-state index in [9.17, 15) is 4.79 Å². The van der Waals surface area contributed by atoms with E-state index in [1.165, 1.54) is 0 Å². The predicted octanol–water partition coefficient (Wildman–Crippen LogP) is 3.32. The van der Waals surface area contributed by atoms with Crippen molar-refractivity contribution in [1.29, 1.82) is 0 Å². The summed E-state index contributed by atoms with van der Waals surface area (Å²) in [5, 5.41) is 4.19. The second kappa shape index (κ2) is 7.81. The van der Waals surface area contributed by atoms with Crippen LogP contribution in [-0.4, -0.2) is 35.5 Å². The van der Waals surface area contributed by atoms with E-state index in [0.717, 1.165) is 61.4 Å². The molecule has 0 radical (unpaired) electrons. The first-order chi connectivity index (χ1) is 12.0. The molecule has 2 heterocycles. The van der Waals surface area contributed by atoms with Crippen LogP contribution in [0, 0.1) is 18.8 Å². The first kappa shape index (κ1) is 17.6. The highest BCUT2D eigenvalue weighted by atomic mass is 16.1. The van der Waals surface area contributed by atoms with Crippen LogP contribution in [0.25, 0.3) is 10.9 Å². The van der Waals surface area contributed by atoms with Gasteiger partial charge in [0.05, 0.1) is 11.2 Å². The molecule has 5 heteroatoms. The Morgan fingerprint density at radius 2 is 1.96 bits per heavy atom. The summed E-state index contributed by atoms with van der Waals surface area (Å²) in [6.45, 7) is 8.83. The molecule has 0 saturated carbocycles. The highest BCUT2D eigenvalue weighted by Gasteiger charge is 2.26. The number of anilines is 1. The van der Waals surface area contributed by atoms with Gasteiger partial charge in [-0.15, -0.1) is 0 Å². The van der Waals surface area contributed by atoms with Gasteiger partial charge in [-0.05, 0) is 38.2 Å².